The van der Waals surface area contributed by atoms with Crippen molar-refractivity contribution in [3.05, 3.63) is 176 Å². The zero-order chi connectivity index (χ0) is 35.5. The molecule has 0 saturated carbocycles. The molecule has 10 rings (SSSR count). The first kappa shape index (κ1) is 31.3. The highest BCUT2D eigenvalue weighted by Gasteiger charge is 2.40. The summed E-state index contributed by atoms with van der Waals surface area (Å²) in [4.78, 5) is 15.7. The summed E-state index contributed by atoms with van der Waals surface area (Å²) in [5, 5.41) is 7.89. The van der Waals surface area contributed by atoms with Crippen LogP contribution in [0.4, 0.5) is 0 Å². The van der Waals surface area contributed by atoms with Crippen molar-refractivity contribution < 1.29 is 0 Å². The standard InChI is InChI=1S/C49H35N3Si/c1-53(2)44-19-11-18-43(45(44)42-29-28-35-16-9-10-17-41(35)46(42)53)49-51-47(36-22-20-34(21-23-36)32-12-5-3-6-13-32)50-48(52-49)40-27-26-38-30-37(24-25-39(38)31-40)33-14-7-4-8-15-33/h3-31H,1-2H3. The van der Waals surface area contributed by atoms with E-state index in [9.17, 15) is 0 Å². The number of aromatic nitrogens is 3. The summed E-state index contributed by atoms with van der Waals surface area (Å²) in [6.07, 6.45) is 0. The van der Waals surface area contributed by atoms with E-state index in [1.165, 1.54) is 54.3 Å². The number of benzene rings is 8. The Labute approximate surface area is 310 Å². The van der Waals surface area contributed by atoms with Gasteiger partial charge < -0.3 is 0 Å². The van der Waals surface area contributed by atoms with Gasteiger partial charge in [-0.05, 0) is 77.4 Å². The van der Waals surface area contributed by atoms with Gasteiger partial charge in [-0.2, -0.15) is 0 Å². The van der Waals surface area contributed by atoms with Crippen LogP contribution in [0.3, 0.4) is 0 Å². The molecular weight excluding hydrogens is 659 g/mol. The average Bonchev–Trinajstić information content (AvgIpc) is 3.47. The Balaban J connectivity index is 1.15. The van der Waals surface area contributed by atoms with Gasteiger partial charge >= 0.3 is 0 Å². The van der Waals surface area contributed by atoms with Crippen LogP contribution in [-0.4, -0.2) is 23.0 Å². The fourth-order valence-electron chi connectivity index (χ4n) is 8.23. The zero-order valence-electron chi connectivity index (χ0n) is 29.6. The van der Waals surface area contributed by atoms with Gasteiger partial charge in [0.05, 0.1) is 0 Å². The highest BCUT2D eigenvalue weighted by atomic mass is 28.3. The Hall–Kier alpha value is -6.49. The molecule has 1 aromatic heterocycles. The summed E-state index contributed by atoms with van der Waals surface area (Å²) in [7, 11) is -2.03. The first-order chi connectivity index (χ1) is 26.0. The molecule has 4 heteroatoms. The van der Waals surface area contributed by atoms with Crippen molar-refractivity contribution in [3.63, 3.8) is 0 Å². The third-order valence-corrected chi connectivity index (χ3v) is 14.4. The number of hydrogen-bond donors (Lipinski definition) is 0. The van der Waals surface area contributed by atoms with E-state index in [0.29, 0.717) is 17.5 Å². The lowest BCUT2D eigenvalue weighted by Gasteiger charge is -2.20. The second-order valence-electron chi connectivity index (χ2n) is 14.5. The third-order valence-electron chi connectivity index (χ3n) is 10.9. The van der Waals surface area contributed by atoms with Crippen molar-refractivity contribution in [2.75, 3.05) is 0 Å². The molecule has 3 nitrogen and oxygen atoms in total. The minimum absolute atomic E-state index is 0.662. The highest BCUT2D eigenvalue weighted by molar-refractivity contribution is 7.05. The van der Waals surface area contributed by atoms with Gasteiger partial charge in [-0.25, -0.2) is 15.0 Å². The molecule has 0 unspecified atom stereocenters. The lowest BCUT2D eigenvalue weighted by molar-refractivity contribution is 1.08. The van der Waals surface area contributed by atoms with E-state index in [1.807, 2.05) is 6.07 Å². The number of rotatable bonds is 5. The van der Waals surface area contributed by atoms with Crippen molar-refractivity contribution >= 4 is 40.0 Å². The van der Waals surface area contributed by atoms with Crippen LogP contribution < -0.4 is 10.4 Å². The fraction of sp³-hybridized carbons (Fsp3) is 0.0408. The summed E-state index contributed by atoms with van der Waals surface area (Å²) in [5.74, 6) is 2.02. The molecule has 0 atom stereocenters. The van der Waals surface area contributed by atoms with Crippen LogP contribution in [0.25, 0.3) is 89.1 Å². The third kappa shape index (κ3) is 5.30. The molecular formula is C49H35N3Si. The lowest BCUT2D eigenvalue weighted by Crippen LogP contribution is -2.49. The van der Waals surface area contributed by atoms with E-state index in [4.69, 9.17) is 15.0 Å². The molecule has 0 amide bonds. The first-order valence-electron chi connectivity index (χ1n) is 18.2. The topological polar surface area (TPSA) is 38.7 Å². The summed E-state index contributed by atoms with van der Waals surface area (Å²) in [5.41, 5.74) is 10.3. The highest BCUT2D eigenvalue weighted by Crippen LogP contribution is 2.39. The van der Waals surface area contributed by atoms with Crippen LogP contribution in [0.1, 0.15) is 0 Å². The number of fused-ring (bicyclic) bond motifs is 6. The van der Waals surface area contributed by atoms with E-state index in [-0.39, 0.29) is 0 Å². The molecule has 0 radical (unpaired) electrons. The van der Waals surface area contributed by atoms with Crippen LogP contribution in [0.5, 0.6) is 0 Å². The van der Waals surface area contributed by atoms with E-state index in [2.05, 4.69) is 183 Å². The maximum Gasteiger partial charge on any atom is 0.164 e. The van der Waals surface area contributed by atoms with Gasteiger partial charge in [0.1, 0.15) is 8.07 Å². The second-order valence-corrected chi connectivity index (χ2v) is 18.7. The van der Waals surface area contributed by atoms with Gasteiger partial charge in [-0.15, -0.1) is 0 Å². The molecule has 250 valence electrons. The average molecular weight is 694 g/mol. The monoisotopic (exact) mass is 693 g/mol. The molecule has 2 heterocycles. The summed E-state index contributed by atoms with van der Waals surface area (Å²) < 4.78 is 0. The van der Waals surface area contributed by atoms with Crippen molar-refractivity contribution in [2.45, 2.75) is 13.1 Å². The molecule has 0 aliphatic carbocycles. The Morgan fingerprint density at radius 3 is 1.62 bits per heavy atom. The van der Waals surface area contributed by atoms with Gasteiger partial charge in [0.2, 0.25) is 0 Å². The molecule has 0 N–H and O–H groups in total. The van der Waals surface area contributed by atoms with Crippen molar-refractivity contribution in [1.29, 1.82) is 0 Å². The van der Waals surface area contributed by atoms with E-state index < -0.39 is 8.07 Å². The maximum absolute atomic E-state index is 5.29. The number of nitrogens with zero attached hydrogens (tertiary/aromatic N) is 3. The van der Waals surface area contributed by atoms with Gasteiger partial charge in [0.25, 0.3) is 0 Å². The maximum atomic E-state index is 5.29. The zero-order valence-corrected chi connectivity index (χ0v) is 30.6. The molecule has 0 bridgehead atoms. The largest absolute Gasteiger partial charge is 0.208 e. The van der Waals surface area contributed by atoms with Gasteiger partial charge in [-0.3, -0.25) is 0 Å². The van der Waals surface area contributed by atoms with Gasteiger partial charge in [0, 0.05) is 16.7 Å². The summed E-state index contributed by atoms with van der Waals surface area (Å²) >= 11 is 0. The van der Waals surface area contributed by atoms with Crippen LogP contribution in [0.15, 0.2) is 176 Å². The van der Waals surface area contributed by atoms with Crippen LogP contribution in [0, 0.1) is 0 Å². The van der Waals surface area contributed by atoms with Crippen LogP contribution >= 0.6 is 0 Å². The minimum atomic E-state index is -2.03. The molecule has 53 heavy (non-hydrogen) atoms. The molecule has 0 saturated heterocycles. The van der Waals surface area contributed by atoms with Crippen molar-refractivity contribution in [1.82, 2.24) is 15.0 Å². The SMILES string of the molecule is C[Si]1(C)c2cccc(-c3nc(-c4ccc(-c5ccccc5)cc4)nc(-c4ccc5cc(-c6ccccc6)ccc5c4)n3)c2-c2ccc3ccccc3c21. The van der Waals surface area contributed by atoms with Crippen molar-refractivity contribution in [2.24, 2.45) is 0 Å². The molecule has 0 fully saturated rings. The quantitative estimate of drug-likeness (QED) is 0.168. The fourth-order valence-corrected chi connectivity index (χ4v) is 11.7. The normalized spacial score (nSPS) is 12.9. The van der Waals surface area contributed by atoms with Gasteiger partial charge in [0.15, 0.2) is 17.5 Å². The lowest BCUT2D eigenvalue weighted by atomic mass is 9.96. The molecule has 1 aliphatic rings. The number of hydrogen-bond acceptors (Lipinski definition) is 3. The van der Waals surface area contributed by atoms with Crippen molar-refractivity contribution in [3.8, 4) is 67.5 Å². The van der Waals surface area contributed by atoms with E-state index >= 15 is 0 Å². The van der Waals surface area contributed by atoms with Crippen LogP contribution in [-0.2, 0) is 0 Å². The van der Waals surface area contributed by atoms with Crippen LogP contribution in [0.2, 0.25) is 13.1 Å². The molecule has 8 aromatic carbocycles. The molecule has 0 spiro atoms. The smallest absolute Gasteiger partial charge is 0.164 e. The van der Waals surface area contributed by atoms with E-state index in [1.54, 1.807) is 0 Å². The predicted octanol–water partition coefficient (Wildman–Crippen LogP) is 11.3. The predicted molar refractivity (Wildman–Crippen MR) is 224 cm³/mol. The Morgan fingerprint density at radius 1 is 0.358 bits per heavy atom. The Bertz CT molecular complexity index is 2850. The first-order valence-corrected chi connectivity index (χ1v) is 21.2. The molecule has 9 aromatic rings. The van der Waals surface area contributed by atoms with E-state index in [0.717, 1.165) is 27.6 Å². The summed E-state index contributed by atoms with van der Waals surface area (Å²) in [6.45, 7) is 4.95. The Kier molecular flexibility index (Phi) is 7.27. The van der Waals surface area contributed by atoms with Gasteiger partial charge in [-0.1, -0.05) is 177 Å². The second kappa shape index (κ2) is 12.3. The summed E-state index contributed by atoms with van der Waals surface area (Å²) in [6, 6.07) is 62.9. The molecule has 1 aliphatic heterocycles. The minimum Gasteiger partial charge on any atom is -0.208 e. The Morgan fingerprint density at radius 2 is 0.887 bits per heavy atom.